The predicted octanol–water partition coefficient (Wildman–Crippen LogP) is 3.10. The normalized spacial score (nSPS) is 25.7. The number of rotatable bonds is 7. The Bertz CT molecular complexity index is 298. The molecule has 3 N–H and O–H groups in total. The molecule has 1 aliphatic carbocycles. The van der Waals surface area contributed by atoms with E-state index in [2.05, 4.69) is 33.0 Å². The average Bonchev–Trinajstić information content (AvgIpc) is 2.92. The highest BCUT2D eigenvalue weighted by Gasteiger charge is 2.43. The molecule has 112 valence electrons. The molecule has 19 heavy (non-hydrogen) atoms. The van der Waals surface area contributed by atoms with Crippen LogP contribution in [0.4, 0.5) is 4.79 Å². The second-order valence-corrected chi connectivity index (χ2v) is 7.33. The summed E-state index contributed by atoms with van der Waals surface area (Å²) in [6, 6.07) is 0.0476. The lowest BCUT2D eigenvalue weighted by molar-refractivity contribution is 0.181. The summed E-state index contributed by atoms with van der Waals surface area (Å²) >= 11 is 0. The summed E-state index contributed by atoms with van der Waals surface area (Å²) in [5, 5.41) is 20.6. The zero-order valence-electron chi connectivity index (χ0n) is 12.6. The maximum Gasteiger partial charge on any atom is 0.404 e. The van der Waals surface area contributed by atoms with Gasteiger partial charge in [0, 0.05) is 12.6 Å². The van der Waals surface area contributed by atoms with Crippen LogP contribution in [0, 0.1) is 23.2 Å². The number of hydrogen-bond acceptors (Lipinski definition) is 2. The van der Waals surface area contributed by atoms with Gasteiger partial charge in [-0.05, 0) is 48.9 Å². The van der Waals surface area contributed by atoms with Gasteiger partial charge in [-0.2, -0.15) is 0 Å². The molecule has 0 radical (unpaired) electrons. The van der Waals surface area contributed by atoms with E-state index in [1.807, 2.05) is 0 Å². The van der Waals surface area contributed by atoms with Gasteiger partial charge in [-0.1, -0.05) is 27.7 Å². The second-order valence-electron chi connectivity index (χ2n) is 7.33. The van der Waals surface area contributed by atoms with E-state index >= 15 is 0 Å². The monoisotopic (exact) mass is 271 g/mol. The lowest BCUT2D eigenvalue weighted by Crippen LogP contribution is -2.37. The first-order valence-corrected chi connectivity index (χ1v) is 7.33. The average molecular weight is 271 g/mol. The molecular formula is C15H29NO3. The second kappa shape index (κ2) is 6.60. The van der Waals surface area contributed by atoms with Gasteiger partial charge in [0.15, 0.2) is 0 Å². The fraction of sp³-hybridized carbons (Fsp3) is 0.933. The Kier molecular flexibility index (Phi) is 5.65. The number of hydrogen-bond donors (Lipinski definition) is 3. The summed E-state index contributed by atoms with van der Waals surface area (Å²) in [5.41, 5.74) is 0.279. The van der Waals surface area contributed by atoms with Gasteiger partial charge in [-0.25, -0.2) is 4.79 Å². The molecule has 0 aromatic heterocycles. The SMILES string of the molecule is CC(C[C@H](NC(=O)O)C1CC1CCO)CC(C)(C)C. The van der Waals surface area contributed by atoms with Crippen molar-refractivity contribution in [1.29, 1.82) is 0 Å². The molecule has 1 saturated carbocycles. The molecule has 4 atom stereocenters. The molecule has 0 saturated heterocycles. The zero-order valence-corrected chi connectivity index (χ0v) is 12.6. The summed E-state index contributed by atoms with van der Waals surface area (Å²) in [6.07, 6.45) is 2.92. The van der Waals surface area contributed by atoms with Crippen LogP contribution in [0.2, 0.25) is 0 Å². The van der Waals surface area contributed by atoms with E-state index in [9.17, 15) is 4.79 Å². The van der Waals surface area contributed by atoms with Crippen molar-refractivity contribution in [2.75, 3.05) is 6.61 Å². The van der Waals surface area contributed by atoms with Crippen molar-refractivity contribution < 1.29 is 15.0 Å². The van der Waals surface area contributed by atoms with Crippen molar-refractivity contribution in [1.82, 2.24) is 5.32 Å². The Balaban J connectivity index is 2.49. The van der Waals surface area contributed by atoms with E-state index in [0.717, 1.165) is 25.7 Å². The van der Waals surface area contributed by atoms with E-state index in [0.29, 0.717) is 17.8 Å². The summed E-state index contributed by atoms with van der Waals surface area (Å²) in [7, 11) is 0. The number of aliphatic hydroxyl groups excluding tert-OH is 1. The lowest BCUT2D eigenvalue weighted by Gasteiger charge is -2.27. The smallest absolute Gasteiger partial charge is 0.404 e. The summed E-state index contributed by atoms with van der Waals surface area (Å²) < 4.78 is 0. The third-order valence-corrected chi connectivity index (χ3v) is 3.92. The van der Waals surface area contributed by atoms with Crippen LogP contribution >= 0.6 is 0 Å². The van der Waals surface area contributed by atoms with Crippen molar-refractivity contribution in [3.63, 3.8) is 0 Å². The topological polar surface area (TPSA) is 69.6 Å². The van der Waals surface area contributed by atoms with Crippen LogP contribution in [-0.2, 0) is 0 Å². The predicted molar refractivity (Wildman–Crippen MR) is 76.1 cm³/mol. The van der Waals surface area contributed by atoms with E-state index in [-0.39, 0.29) is 18.1 Å². The van der Waals surface area contributed by atoms with E-state index in [1.54, 1.807) is 0 Å². The minimum Gasteiger partial charge on any atom is -0.465 e. The Morgan fingerprint density at radius 1 is 1.42 bits per heavy atom. The summed E-state index contributed by atoms with van der Waals surface area (Å²) in [5.74, 6) is 1.43. The first kappa shape index (κ1) is 16.3. The van der Waals surface area contributed by atoms with E-state index < -0.39 is 6.09 Å². The minimum atomic E-state index is -0.928. The standard InChI is InChI=1S/C15H29NO3/c1-10(9-15(2,3)4)7-13(16-14(18)19)12-8-11(12)5-6-17/h10-13,16-17H,5-9H2,1-4H3,(H,18,19)/t10?,11?,12?,13-/m0/s1. The first-order chi connectivity index (χ1) is 8.73. The molecule has 1 fully saturated rings. The van der Waals surface area contributed by atoms with E-state index in [4.69, 9.17) is 10.2 Å². The van der Waals surface area contributed by atoms with Gasteiger partial charge in [0.1, 0.15) is 0 Å². The third-order valence-electron chi connectivity index (χ3n) is 3.92. The van der Waals surface area contributed by atoms with Crippen LogP contribution in [0.1, 0.15) is 53.4 Å². The maximum atomic E-state index is 10.9. The molecule has 1 aliphatic rings. The largest absolute Gasteiger partial charge is 0.465 e. The van der Waals surface area contributed by atoms with Crippen molar-refractivity contribution in [3.8, 4) is 0 Å². The van der Waals surface area contributed by atoms with Crippen LogP contribution in [0.3, 0.4) is 0 Å². The highest BCUT2D eigenvalue weighted by Crippen LogP contribution is 2.45. The fourth-order valence-corrected chi connectivity index (χ4v) is 3.32. The van der Waals surface area contributed by atoms with Crippen molar-refractivity contribution in [2.24, 2.45) is 23.2 Å². The molecule has 3 unspecified atom stereocenters. The Labute approximate surface area is 116 Å². The molecule has 0 aromatic carbocycles. The summed E-state index contributed by atoms with van der Waals surface area (Å²) in [4.78, 5) is 10.9. The van der Waals surface area contributed by atoms with Crippen LogP contribution in [0.5, 0.6) is 0 Å². The van der Waals surface area contributed by atoms with Gasteiger partial charge in [-0.15, -0.1) is 0 Å². The van der Waals surface area contributed by atoms with Gasteiger partial charge in [0.05, 0.1) is 0 Å². The quantitative estimate of drug-likeness (QED) is 0.666. The van der Waals surface area contributed by atoms with Crippen LogP contribution in [0.15, 0.2) is 0 Å². The highest BCUT2D eigenvalue weighted by atomic mass is 16.4. The number of amides is 1. The highest BCUT2D eigenvalue weighted by molar-refractivity contribution is 5.65. The molecule has 0 aromatic rings. The number of aliphatic hydroxyl groups is 1. The lowest BCUT2D eigenvalue weighted by atomic mass is 9.82. The van der Waals surface area contributed by atoms with Crippen LogP contribution in [0.25, 0.3) is 0 Å². The molecule has 4 nitrogen and oxygen atoms in total. The molecule has 0 bridgehead atoms. The van der Waals surface area contributed by atoms with Gasteiger partial charge in [0.25, 0.3) is 0 Å². The van der Waals surface area contributed by atoms with Gasteiger partial charge in [-0.3, -0.25) is 0 Å². The van der Waals surface area contributed by atoms with E-state index in [1.165, 1.54) is 0 Å². The van der Waals surface area contributed by atoms with Gasteiger partial charge in [0.2, 0.25) is 0 Å². The molecule has 1 rings (SSSR count). The molecular weight excluding hydrogens is 242 g/mol. The molecule has 1 amide bonds. The van der Waals surface area contributed by atoms with Crippen molar-refractivity contribution in [2.45, 2.75) is 59.4 Å². The number of carboxylic acid groups (broad SMARTS) is 1. The zero-order chi connectivity index (χ0) is 14.6. The minimum absolute atomic E-state index is 0.0476. The fourth-order valence-electron chi connectivity index (χ4n) is 3.32. The molecule has 0 spiro atoms. The maximum absolute atomic E-state index is 10.9. The van der Waals surface area contributed by atoms with Crippen LogP contribution < -0.4 is 5.32 Å². The van der Waals surface area contributed by atoms with Gasteiger partial charge >= 0.3 is 6.09 Å². The number of carbonyl (C=O) groups is 1. The van der Waals surface area contributed by atoms with Crippen molar-refractivity contribution in [3.05, 3.63) is 0 Å². The van der Waals surface area contributed by atoms with Crippen molar-refractivity contribution >= 4 is 6.09 Å². The van der Waals surface area contributed by atoms with Crippen LogP contribution in [-0.4, -0.2) is 29.0 Å². The van der Waals surface area contributed by atoms with Gasteiger partial charge < -0.3 is 15.5 Å². The Morgan fingerprint density at radius 3 is 2.53 bits per heavy atom. The molecule has 0 heterocycles. The number of nitrogens with one attached hydrogen (secondary N) is 1. The first-order valence-electron chi connectivity index (χ1n) is 7.33. The Hall–Kier alpha value is -0.770. The molecule has 4 heteroatoms. The summed E-state index contributed by atoms with van der Waals surface area (Å²) in [6.45, 7) is 9.06. The Morgan fingerprint density at radius 2 is 2.05 bits per heavy atom. The molecule has 0 aliphatic heterocycles. The third kappa shape index (κ3) is 6.28.